The van der Waals surface area contributed by atoms with Crippen molar-refractivity contribution in [3.63, 3.8) is 0 Å². The molecular formula is C9H11NO3. The Hall–Kier alpha value is -1.55. The van der Waals surface area contributed by atoms with Gasteiger partial charge in [0.15, 0.2) is 0 Å². The van der Waals surface area contributed by atoms with Crippen LogP contribution in [0.5, 0.6) is 5.75 Å². The summed E-state index contributed by atoms with van der Waals surface area (Å²) >= 11 is 0. The fraction of sp³-hybridized carbons (Fsp3) is 0.222. The van der Waals surface area contributed by atoms with E-state index in [1.807, 2.05) is 0 Å². The average Bonchev–Trinajstić information content (AvgIpc) is 2.16. The van der Waals surface area contributed by atoms with E-state index in [-0.39, 0.29) is 13.2 Å². The second-order valence-corrected chi connectivity index (χ2v) is 2.39. The lowest BCUT2D eigenvalue weighted by molar-refractivity contribution is 0.201. The number of hydrogen-bond donors (Lipinski definition) is 2. The first kappa shape index (κ1) is 9.54. The Labute approximate surface area is 76.1 Å². The van der Waals surface area contributed by atoms with Gasteiger partial charge in [-0.2, -0.15) is 0 Å². The molecule has 1 aromatic rings. The molecule has 70 valence electrons. The molecule has 0 aliphatic rings. The molecule has 4 heteroatoms. The summed E-state index contributed by atoms with van der Waals surface area (Å²) < 4.78 is 5.15. The van der Waals surface area contributed by atoms with Crippen LogP contribution in [-0.4, -0.2) is 29.7 Å². The summed E-state index contributed by atoms with van der Waals surface area (Å²) in [5.74, 6) is 0.645. The topological polar surface area (TPSA) is 62.0 Å². The molecule has 0 aliphatic carbocycles. The van der Waals surface area contributed by atoms with Crippen LogP contribution in [0.3, 0.4) is 0 Å². The Morgan fingerprint density at radius 3 is 3.00 bits per heavy atom. The van der Waals surface area contributed by atoms with Gasteiger partial charge in [-0.15, -0.1) is 0 Å². The summed E-state index contributed by atoms with van der Waals surface area (Å²) in [7, 11) is 0. The van der Waals surface area contributed by atoms with E-state index in [0.717, 1.165) is 5.56 Å². The van der Waals surface area contributed by atoms with Gasteiger partial charge in [0.2, 0.25) is 0 Å². The molecule has 0 spiro atoms. The maximum atomic E-state index is 8.51. The lowest BCUT2D eigenvalue weighted by Gasteiger charge is -2.03. The van der Waals surface area contributed by atoms with Crippen molar-refractivity contribution < 1.29 is 15.1 Å². The number of nitrogens with zero attached hydrogens (tertiary/aromatic N) is 1. The first-order chi connectivity index (χ1) is 6.36. The Bertz CT molecular complexity index is 286. The molecule has 0 radical (unpaired) electrons. The highest BCUT2D eigenvalue weighted by atomic mass is 16.5. The smallest absolute Gasteiger partial charge is 0.120 e. The van der Waals surface area contributed by atoms with Crippen LogP contribution < -0.4 is 4.74 Å². The molecule has 0 amide bonds. The summed E-state index contributed by atoms with van der Waals surface area (Å²) in [4.78, 5) is 0. The van der Waals surface area contributed by atoms with Crippen molar-refractivity contribution in [2.45, 2.75) is 0 Å². The van der Waals surface area contributed by atoms with Crippen LogP contribution >= 0.6 is 0 Å². The van der Waals surface area contributed by atoms with Gasteiger partial charge in [-0.25, -0.2) is 0 Å². The van der Waals surface area contributed by atoms with Gasteiger partial charge in [-0.05, 0) is 17.7 Å². The molecule has 13 heavy (non-hydrogen) atoms. The van der Waals surface area contributed by atoms with Crippen LogP contribution in [0.25, 0.3) is 0 Å². The fourth-order valence-corrected chi connectivity index (χ4v) is 0.915. The maximum Gasteiger partial charge on any atom is 0.120 e. The molecule has 0 saturated heterocycles. The van der Waals surface area contributed by atoms with Crippen molar-refractivity contribution in [2.24, 2.45) is 5.16 Å². The number of rotatable bonds is 4. The van der Waals surface area contributed by atoms with Gasteiger partial charge in [0.1, 0.15) is 12.4 Å². The Kier molecular flexibility index (Phi) is 3.78. The van der Waals surface area contributed by atoms with Crippen LogP contribution in [0, 0.1) is 0 Å². The SMILES string of the molecule is OCCOc1cccc(/C=N\O)c1. The predicted molar refractivity (Wildman–Crippen MR) is 48.4 cm³/mol. The van der Waals surface area contributed by atoms with Gasteiger partial charge in [-0.3, -0.25) is 0 Å². The minimum Gasteiger partial charge on any atom is -0.491 e. The van der Waals surface area contributed by atoms with E-state index in [1.54, 1.807) is 24.3 Å². The van der Waals surface area contributed by atoms with E-state index in [9.17, 15) is 0 Å². The monoisotopic (exact) mass is 181 g/mol. The first-order valence-electron chi connectivity index (χ1n) is 3.88. The van der Waals surface area contributed by atoms with Gasteiger partial charge in [-0.1, -0.05) is 17.3 Å². The van der Waals surface area contributed by atoms with E-state index >= 15 is 0 Å². The molecule has 0 fully saturated rings. The Morgan fingerprint density at radius 1 is 1.46 bits per heavy atom. The molecule has 0 unspecified atom stereocenters. The minimum atomic E-state index is -0.0156. The number of aliphatic hydroxyl groups is 1. The second-order valence-electron chi connectivity index (χ2n) is 2.39. The molecule has 1 aromatic carbocycles. The molecule has 2 N–H and O–H groups in total. The zero-order chi connectivity index (χ0) is 9.52. The third-order valence-electron chi connectivity index (χ3n) is 1.42. The van der Waals surface area contributed by atoms with Crippen molar-refractivity contribution in [1.82, 2.24) is 0 Å². The zero-order valence-corrected chi connectivity index (χ0v) is 7.05. The first-order valence-corrected chi connectivity index (χ1v) is 3.88. The van der Waals surface area contributed by atoms with Crippen molar-refractivity contribution in [3.05, 3.63) is 29.8 Å². The molecule has 4 nitrogen and oxygen atoms in total. The van der Waals surface area contributed by atoms with Crippen molar-refractivity contribution in [2.75, 3.05) is 13.2 Å². The van der Waals surface area contributed by atoms with Crippen LogP contribution in [0.4, 0.5) is 0 Å². The van der Waals surface area contributed by atoms with E-state index in [4.69, 9.17) is 15.1 Å². The quantitative estimate of drug-likeness (QED) is 0.411. The molecule has 0 heterocycles. The highest BCUT2D eigenvalue weighted by Gasteiger charge is 1.93. The van der Waals surface area contributed by atoms with Crippen molar-refractivity contribution in [1.29, 1.82) is 0 Å². The Balaban J connectivity index is 2.67. The molecular weight excluding hydrogens is 170 g/mol. The van der Waals surface area contributed by atoms with E-state index < -0.39 is 0 Å². The number of ether oxygens (including phenoxy) is 1. The fourth-order valence-electron chi connectivity index (χ4n) is 0.915. The molecule has 0 atom stereocenters. The summed E-state index contributed by atoms with van der Waals surface area (Å²) in [5, 5.41) is 19.7. The van der Waals surface area contributed by atoms with E-state index in [2.05, 4.69) is 5.16 Å². The zero-order valence-electron chi connectivity index (χ0n) is 7.05. The highest BCUT2D eigenvalue weighted by molar-refractivity contribution is 5.79. The van der Waals surface area contributed by atoms with Gasteiger partial charge in [0, 0.05) is 0 Å². The minimum absolute atomic E-state index is 0.0156. The third kappa shape index (κ3) is 3.13. The second kappa shape index (κ2) is 5.16. The van der Waals surface area contributed by atoms with Gasteiger partial charge < -0.3 is 15.1 Å². The van der Waals surface area contributed by atoms with Crippen LogP contribution in [0.15, 0.2) is 29.4 Å². The van der Waals surface area contributed by atoms with E-state index in [1.165, 1.54) is 6.21 Å². The van der Waals surface area contributed by atoms with Crippen LogP contribution in [0.2, 0.25) is 0 Å². The van der Waals surface area contributed by atoms with Crippen LogP contribution in [-0.2, 0) is 0 Å². The van der Waals surface area contributed by atoms with E-state index in [0.29, 0.717) is 5.75 Å². The van der Waals surface area contributed by atoms with Crippen molar-refractivity contribution >= 4 is 6.21 Å². The number of oxime groups is 1. The molecule has 0 saturated carbocycles. The molecule has 0 aliphatic heterocycles. The number of aliphatic hydroxyl groups excluding tert-OH is 1. The average molecular weight is 181 g/mol. The summed E-state index contributed by atoms with van der Waals surface area (Å²) in [6, 6.07) is 7.05. The predicted octanol–water partition coefficient (Wildman–Crippen LogP) is 0.866. The van der Waals surface area contributed by atoms with Crippen LogP contribution in [0.1, 0.15) is 5.56 Å². The third-order valence-corrected chi connectivity index (χ3v) is 1.42. The van der Waals surface area contributed by atoms with Gasteiger partial charge in [0.05, 0.1) is 12.8 Å². The molecule has 1 rings (SSSR count). The van der Waals surface area contributed by atoms with Gasteiger partial charge >= 0.3 is 0 Å². The number of hydrogen-bond acceptors (Lipinski definition) is 4. The Morgan fingerprint density at radius 2 is 2.31 bits per heavy atom. The lowest BCUT2D eigenvalue weighted by Crippen LogP contribution is -2.01. The molecule has 0 bridgehead atoms. The summed E-state index contributed by atoms with van der Waals surface area (Å²) in [6.45, 7) is 0.248. The standard InChI is InChI=1S/C9H11NO3/c11-4-5-13-9-3-1-2-8(6-9)7-10-12/h1-3,6-7,11-12H,4-5H2/b10-7-. The normalized spacial score (nSPS) is 10.5. The summed E-state index contributed by atoms with van der Waals surface area (Å²) in [6.07, 6.45) is 1.31. The maximum absolute atomic E-state index is 8.51. The lowest BCUT2D eigenvalue weighted by atomic mass is 10.2. The number of benzene rings is 1. The highest BCUT2D eigenvalue weighted by Crippen LogP contribution is 2.11. The summed E-state index contributed by atoms with van der Waals surface area (Å²) in [5.41, 5.74) is 0.748. The molecule has 0 aromatic heterocycles. The van der Waals surface area contributed by atoms with Crippen molar-refractivity contribution in [3.8, 4) is 5.75 Å². The largest absolute Gasteiger partial charge is 0.491 e. The van der Waals surface area contributed by atoms with Gasteiger partial charge in [0.25, 0.3) is 0 Å².